The number of carboxylic acid groups (broad SMARTS) is 4. The van der Waals surface area contributed by atoms with E-state index >= 15 is 0 Å². The van der Waals surface area contributed by atoms with Crippen LogP contribution in [0.15, 0.2) is 0 Å². The van der Waals surface area contributed by atoms with Gasteiger partial charge in [0.2, 0.25) is 0 Å². The van der Waals surface area contributed by atoms with E-state index in [1.54, 1.807) is 0 Å². The highest BCUT2D eigenvalue weighted by atomic mass is 16.4. The first-order valence-corrected chi connectivity index (χ1v) is 3.63. The van der Waals surface area contributed by atoms with Gasteiger partial charge in [0.25, 0.3) is 0 Å². The van der Waals surface area contributed by atoms with Crippen molar-refractivity contribution < 1.29 is 39.6 Å². The predicted molar refractivity (Wildman–Crippen MR) is 42.2 cm³/mol. The van der Waals surface area contributed by atoms with Crippen molar-refractivity contribution in [3.63, 3.8) is 0 Å². The largest absolute Gasteiger partial charge is 0.481 e. The summed E-state index contributed by atoms with van der Waals surface area (Å²) >= 11 is 0. The van der Waals surface area contributed by atoms with Crippen LogP contribution in [0.2, 0.25) is 0 Å². The third kappa shape index (κ3) is 2.93. The van der Waals surface area contributed by atoms with Gasteiger partial charge in [-0.15, -0.1) is 0 Å². The molecule has 0 spiro atoms. The highest BCUT2D eigenvalue weighted by molar-refractivity contribution is 6.03. The van der Waals surface area contributed by atoms with Crippen LogP contribution in [0.3, 0.4) is 0 Å². The first kappa shape index (κ1) is 12.9. The fourth-order valence-electron chi connectivity index (χ4n) is 0.973. The Bertz CT molecular complexity index is 285. The van der Waals surface area contributed by atoms with Gasteiger partial charge in [-0.05, 0) is 0 Å². The lowest BCUT2D eigenvalue weighted by Gasteiger charge is -2.20. The molecule has 8 heteroatoms. The Hall–Kier alpha value is -2.12. The minimum absolute atomic E-state index is 1.29. The van der Waals surface area contributed by atoms with Crippen molar-refractivity contribution in [2.45, 2.75) is 12.8 Å². The normalized spacial score (nSPS) is 10.7. The molecule has 0 rings (SSSR count). The zero-order valence-corrected chi connectivity index (χ0v) is 7.34. The van der Waals surface area contributed by atoms with Gasteiger partial charge in [0.15, 0.2) is 5.41 Å². The molecule has 0 aromatic rings. The van der Waals surface area contributed by atoms with Gasteiger partial charge in [-0.25, -0.2) is 0 Å². The fraction of sp³-hybridized carbons (Fsp3) is 0.429. The van der Waals surface area contributed by atoms with Crippen molar-refractivity contribution in [1.29, 1.82) is 0 Å². The van der Waals surface area contributed by atoms with Gasteiger partial charge in [0.1, 0.15) is 0 Å². The molecule has 0 saturated heterocycles. The Morgan fingerprint density at radius 1 is 0.733 bits per heavy atom. The van der Waals surface area contributed by atoms with E-state index in [1.807, 2.05) is 0 Å². The Morgan fingerprint density at radius 2 is 1.00 bits per heavy atom. The Labute approximate surface area is 82.8 Å². The van der Waals surface area contributed by atoms with Crippen molar-refractivity contribution in [3.05, 3.63) is 0 Å². The van der Waals surface area contributed by atoms with Crippen molar-refractivity contribution in [3.8, 4) is 0 Å². The second kappa shape index (κ2) is 4.40. The maximum Gasteiger partial charge on any atom is 0.322 e. The van der Waals surface area contributed by atoms with Crippen LogP contribution < -0.4 is 0 Å². The predicted octanol–water partition coefficient (Wildman–Crippen LogP) is -0.909. The number of hydrogen-bond acceptors (Lipinski definition) is 4. The monoisotopic (exact) mass is 220 g/mol. The summed E-state index contributed by atoms with van der Waals surface area (Å²) in [6.07, 6.45) is -2.58. The highest BCUT2D eigenvalue weighted by Crippen LogP contribution is 2.27. The third-order valence-electron chi connectivity index (χ3n) is 1.72. The van der Waals surface area contributed by atoms with Crippen molar-refractivity contribution in [1.82, 2.24) is 0 Å². The zero-order chi connectivity index (χ0) is 12.2. The van der Waals surface area contributed by atoms with E-state index < -0.39 is 42.1 Å². The number of carboxylic acids is 4. The zero-order valence-electron chi connectivity index (χ0n) is 7.34. The average Bonchev–Trinajstić information content (AvgIpc) is 1.99. The maximum atomic E-state index is 10.6. The molecule has 0 aromatic carbocycles. The van der Waals surface area contributed by atoms with Crippen LogP contribution in [0, 0.1) is 5.41 Å². The quantitative estimate of drug-likeness (QED) is 0.420. The van der Waals surface area contributed by atoms with Gasteiger partial charge in [-0.2, -0.15) is 0 Å². The van der Waals surface area contributed by atoms with Gasteiger partial charge in [0.05, 0.1) is 12.8 Å². The number of rotatable bonds is 6. The van der Waals surface area contributed by atoms with Crippen molar-refractivity contribution in [2.24, 2.45) is 5.41 Å². The lowest BCUT2D eigenvalue weighted by Crippen LogP contribution is -2.43. The molecule has 0 atom stereocenters. The summed E-state index contributed by atoms with van der Waals surface area (Å²) in [5.74, 6) is -7.36. The van der Waals surface area contributed by atoms with Crippen LogP contribution in [0.25, 0.3) is 0 Å². The number of aliphatic carboxylic acids is 4. The van der Waals surface area contributed by atoms with Crippen molar-refractivity contribution >= 4 is 23.9 Å². The first-order chi connectivity index (χ1) is 6.72. The second-order valence-electron chi connectivity index (χ2n) is 2.83. The molecule has 0 fully saturated rings. The molecule has 8 nitrogen and oxygen atoms in total. The molecule has 0 saturated carbocycles. The molecule has 0 heterocycles. The van der Waals surface area contributed by atoms with Gasteiger partial charge in [-0.1, -0.05) is 0 Å². The minimum Gasteiger partial charge on any atom is -0.481 e. The van der Waals surface area contributed by atoms with Crippen molar-refractivity contribution in [2.75, 3.05) is 0 Å². The van der Waals surface area contributed by atoms with Crippen LogP contribution in [0.1, 0.15) is 12.8 Å². The van der Waals surface area contributed by atoms with Crippen LogP contribution in [-0.4, -0.2) is 44.3 Å². The smallest absolute Gasteiger partial charge is 0.322 e. The molecule has 0 aliphatic rings. The summed E-state index contributed by atoms with van der Waals surface area (Å²) in [5, 5.41) is 33.8. The van der Waals surface area contributed by atoms with Crippen LogP contribution in [-0.2, 0) is 19.2 Å². The third-order valence-corrected chi connectivity index (χ3v) is 1.72. The van der Waals surface area contributed by atoms with Gasteiger partial charge in [-0.3, -0.25) is 19.2 Å². The second-order valence-corrected chi connectivity index (χ2v) is 2.83. The van der Waals surface area contributed by atoms with E-state index in [0.29, 0.717) is 0 Å². The highest BCUT2D eigenvalue weighted by Gasteiger charge is 2.50. The van der Waals surface area contributed by atoms with E-state index in [1.165, 1.54) is 0 Å². The van der Waals surface area contributed by atoms with Crippen LogP contribution in [0.5, 0.6) is 0 Å². The molecule has 4 N–H and O–H groups in total. The number of carbonyl (C=O) groups is 4. The van der Waals surface area contributed by atoms with Gasteiger partial charge >= 0.3 is 23.9 Å². The summed E-state index contributed by atoms with van der Waals surface area (Å²) in [5.41, 5.74) is -2.82. The van der Waals surface area contributed by atoms with E-state index in [9.17, 15) is 19.2 Å². The standard InChI is InChI=1S/C7H8O8/c8-3(9)1-7(5(12)13,6(14)15)2-4(10)11/h1-2H2,(H,8,9)(H,10,11)(H,12,13)(H,14,15). The molecular weight excluding hydrogens is 212 g/mol. The topological polar surface area (TPSA) is 149 Å². The molecular formula is C7H8O8. The molecule has 84 valence electrons. The Kier molecular flexibility index (Phi) is 3.78. The van der Waals surface area contributed by atoms with E-state index in [4.69, 9.17) is 20.4 Å². The molecule has 0 radical (unpaired) electrons. The van der Waals surface area contributed by atoms with E-state index in [0.717, 1.165) is 0 Å². The summed E-state index contributed by atoms with van der Waals surface area (Å²) < 4.78 is 0. The summed E-state index contributed by atoms with van der Waals surface area (Å²) in [6.45, 7) is 0. The maximum absolute atomic E-state index is 10.6. The lowest BCUT2D eigenvalue weighted by atomic mass is 9.81. The van der Waals surface area contributed by atoms with Crippen LogP contribution >= 0.6 is 0 Å². The van der Waals surface area contributed by atoms with E-state index in [2.05, 4.69) is 0 Å². The summed E-state index contributed by atoms with van der Waals surface area (Å²) in [7, 11) is 0. The van der Waals surface area contributed by atoms with Gasteiger partial charge in [0, 0.05) is 0 Å². The molecule has 0 unspecified atom stereocenters. The summed E-state index contributed by atoms with van der Waals surface area (Å²) in [6, 6.07) is 0. The molecule has 15 heavy (non-hydrogen) atoms. The summed E-state index contributed by atoms with van der Waals surface area (Å²) in [4.78, 5) is 41.8. The van der Waals surface area contributed by atoms with E-state index in [-0.39, 0.29) is 0 Å². The minimum atomic E-state index is -2.82. The fourth-order valence-corrected chi connectivity index (χ4v) is 0.973. The number of hydrogen-bond donors (Lipinski definition) is 4. The molecule has 0 aliphatic carbocycles. The van der Waals surface area contributed by atoms with Crippen LogP contribution in [0.4, 0.5) is 0 Å². The molecule has 0 aromatic heterocycles. The SMILES string of the molecule is O=C(O)CC(CC(=O)O)(C(=O)O)C(=O)O. The molecule has 0 amide bonds. The molecule has 0 bridgehead atoms. The average molecular weight is 220 g/mol. The lowest BCUT2D eigenvalue weighted by molar-refractivity contribution is -0.173. The van der Waals surface area contributed by atoms with Gasteiger partial charge < -0.3 is 20.4 Å². The first-order valence-electron chi connectivity index (χ1n) is 3.63. The Morgan fingerprint density at radius 3 is 1.13 bits per heavy atom. The molecule has 0 aliphatic heterocycles. The Balaban J connectivity index is 5.26.